The van der Waals surface area contributed by atoms with Crippen LogP contribution >= 0.6 is 12.4 Å². The Morgan fingerprint density at radius 3 is 2.75 bits per heavy atom. The Balaban J connectivity index is 0.00000121. The summed E-state index contributed by atoms with van der Waals surface area (Å²) in [5, 5.41) is 3.38. The molecule has 1 N–H and O–H groups in total. The third kappa shape index (κ3) is 2.04. The molecule has 2 heterocycles. The summed E-state index contributed by atoms with van der Waals surface area (Å²) < 4.78 is 0. The van der Waals surface area contributed by atoms with Crippen molar-refractivity contribution in [1.29, 1.82) is 0 Å². The first kappa shape index (κ1) is 13.9. The maximum Gasteiger partial charge on any atom is 0.244 e. The van der Waals surface area contributed by atoms with Gasteiger partial charge in [-0.1, -0.05) is 24.6 Å². The van der Waals surface area contributed by atoms with Gasteiger partial charge in [-0.05, 0) is 43.9 Å². The number of para-hydroxylation sites is 1. The molecule has 4 heteroatoms. The number of halogens is 1. The number of rotatable bonds is 1. The van der Waals surface area contributed by atoms with Gasteiger partial charge in [-0.3, -0.25) is 4.79 Å². The van der Waals surface area contributed by atoms with Gasteiger partial charge in [0.2, 0.25) is 5.91 Å². The quantitative estimate of drug-likeness (QED) is 0.863. The summed E-state index contributed by atoms with van der Waals surface area (Å²) in [5.41, 5.74) is 2.87. The smallest absolute Gasteiger partial charge is 0.244 e. The number of nitrogens with one attached hydrogen (secondary N) is 1. The lowest BCUT2D eigenvalue weighted by molar-refractivity contribution is -0.121. The molecule has 1 aromatic carbocycles. The van der Waals surface area contributed by atoms with E-state index in [1.54, 1.807) is 0 Å². The number of nitrogens with zero attached hydrogens (tertiary/aromatic N) is 1. The van der Waals surface area contributed by atoms with Crippen molar-refractivity contribution in [2.24, 2.45) is 0 Å². The highest BCUT2D eigenvalue weighted by atomic mass is 35.5. The van der Waals surface area contributed by atoms with Crippen molar-refractivity contribution in [2.75, 3.05) is 18.0 Å². The summed E-state index contributed by atoms with van der Waals surface area (Å²) in [6, 6.07) is 8.52. The van der Waals surface area contributed by atoms with E-state index in [9.17, 15) is 4.79 Å². The van der Waals surface area contributed by atoms with Crippen molar-refractivity contribution in [3.8, 4) is 0 Å². The van der Waals surface area contributed by atoms with Gasteiger partial charge in [0.15, 0.2) is 0 Å². The number of benzene rings is 1. The molecule has 20 heavy (non-hydrogen) atoms. The lowest BCUT2D eigenvalue weighted by Gasteiger charge is -2.28. The summed E-state index contributed by atoms with van der Waals surface area (Å²) in [5.74, 6) is 0.288. The average molecular weight is 293 g/mol. The van der Waals surface area contributed by atoms with Crippen LogP contribution in [0.5, 0.6) is 0 Å². The minimum absolute atomic E-state index is 0. The second kappa shape index (κ2) is 5.05. The van der Waals surface area contributed by atoms with E-state index in [4.69, 9.17) is 0 Å². The molecule has 4 rings (SSSR count). The molecule has 1 saturated heterocycles. The number of carbonyl (C=O) groups excluding carboxylic acids is 1. The number of amides is 1. The molecular weight excluding hydrogens is 272 g/mol. The van der Waals surface area contributed by atoms with Crippen molar-refractivity contribution in [1.82, 2.24) is 5.32 Å². The molecule has 1 atom stereocenters. The topological polar surface area (TPSA) is 32.3 Å². The van der Waals surface area contributed by atoms with Gasteiger partial charge in [0.05, 0.1) is 6.04 Å². The van der Waals surface area contributed by atoms with Crippen molar-refractivity contribution in [3.63, 3.8) is 0 Å². The van der Waals surface area contributed by atoms with E-state index >= 15 is 0 Å². The van der Waals surface area contributed by atoms with Gasteiger partial charge in [-0.2, -0.15) is 0 Å². The van der Waals surface area contributed by atoms with Crippen LogP contribution in [-0.2, 0) is 10.2 Å². The predicted molar refractivity (Wildman–Crippen MR) is 82.6 cm³/mol. The normalized spacial score (nSPS) is 26.0. The van der Waals surface area contributed by atoms with Gasteiger partial charge >= 0.3 is 0 Å². The molecule has 1 unspecified atom stereocenters. The lowest BCUT2D eigenvalue weighted by Crippen LogP contribution is -2.48. The van der Waals surface area contributed by atoms with Crippen LogP contribution in [0.25, 0.3) is 0 Å². The van der Waals surface area contributed by atoms with Crippen molar-refractivity contribution >= 4 is 24.0 Å². The standard InChI is InChI=1S/C16H20N2O.ClH/c19-15(13-6-3-4-10-17-13)18-11-16(8-9-16)12-5-1-2-7-14(12)18;/h1-2,5,7,13,17H,3-4,6,8-11H2;1H. The zero-order valence-corrected chi connectivity index (χ0v) is 12.4. The highest BCUT2D eigenvalue weighted by molar-refractivity contribution is 6.00. The van der Waals surface area contributed by atoms with E-state index < -0.39 is 0 Å². The summed E-state index contributed by atoms with van der Waals surface area (Å²) in [6.07, 6.45) is 5.84. The van der Waals surface area contributed by atoms with Crippen LogP contribution in [-0.4, -0.2) is 25.0 Å². The Hall–Kier alpha value is -1.06. The minimum atomic E-state index is 0. The van der Waals surface area contributed by atoms with E-state index in [-0.39, 0.29) is 24.4 Å². The SMILES string of the molecule is Cl.O=C(C1CCCCN1)N1CC2(CC2)c2ccccc21. The van der Waals surface area contributed by atoms with Crippen LogP contribution in [0, 0.1) is 0 Å². The maximum atomic E-state index is 12.7. The molecular formula is C16H21ClN2O. The van der Waals surface area contributed by atoms with Gasteiger partial charge < -0.3 is 10.2 Å². The molecule has 108 valence electrons. The number of piperidine rings is 1. The molecule has 1 spiro atoms. The number of carbonyl (C=O) groups is 1. The summed E-state index contributed by atoms with van der Waals surface area (Å²) in [7, 11) is 0. The van der Waals surface area contributed by atoms with Gasteiger partial charge in [-0.25, -0.2) is 0 Å². The third-order valence-corrected chi connectivity index (χ3v) is 4.95. The van der Waals surface area contributed by atoms with Gasteiger partial charge in [0.1, 0.15) is 0 Å². The molecule has 2 aliphatic heterocycles. The van der Waals surface area contributed by atoms with Gasteiger partial charge in [-0.15, -0.1) is 12.4 Å². The number of anilines is 1. The Labute approximate surface area is 126 Å². The summed E-state index contributed by atoms with van der Waals surface area (Å²) in [6.45, 7) is 1.89. The van der Waals surface area contributed by atoms with E-state index in [0.717, 1.165) is 25.2 Å². The Morgan fingerprint density at radius 2 is 2.05 bits per heavy atom. The number of hydrogen-bond acceptors (Lipinski definition) is 2. The zero-order valence-electron chi connectivity index (χ0n) is 11.6. The van der Waals surface area contributed by atoms with Crippen LogP contribution in [0.15, 0.2) is 24.3 Å². The fourth-order valence-corrected chi connectivity index (χ4v) is 3.66. The van der Waals surface area contributed by atoms with Crippen LogP contribution in [0.1, 0.15) is 37.7 Å². The Morgan fingerprint density at radius 1 is 1.25 bits per heavy atom. The van der Waals surface area contributed by atoms with Crippen LogP contribution in [0.2, 0.25) is 0 Å². The molecule has 3 nitrogen and oxygen atoms in total. The van der Waals surface area contributed by atoms with Crippen LogP contribution < -0.4 is 10.2 Å². The molecule has 1 aromatic rings. The first-order chi connectivity index (χ1) is 9.30. The number of fused-ring (bicyclic) bond motifs is 2. The minimum Gasteiger partial charge on any atom is -0.310 e. The second-order valence-electron chi connectivity index (χ2n) is 6.22. The number of hydrogen-bond donors (Lipinski definition) is 1. The highest BCUT2D eigenvalue weighted by Gasteiger charge is 2.53. The van der Waals surface area contributed by atoms with Crippen molar-refractivity contribution in [2.45, 2.75) is 43.6 Å². The van der Waals surface area contributed by atoms with E-state index in [2.05, 4.69) is 29.6 Å². The maximum absolute atomic E-state index is 12.7. The molecule has 1 aliphatic carbocycles. The van der Waals surface area contributed by atoms with E-state index in [1.807, 2.05) is 4.90 Å². The molecule has 0 radical (unpaired) electrons. The largest absolute Gasteiger partial charge is 0.310 e. The first-order valence-corrected chi connectivity index (χ1v) is 7.44. The predicted octanol–water partition coefficient (Wildman–Crippen LogP) is 2.63. The lowest BCUT2D eigenvalue weighted by atomic mass is 9.99. The molecule has 0 aromatic heterocycles. The van der Waals surface area contributed by atoms with Crippen molar-refractivity contribution in [3.05, 3.63) is 29.8 Å². The fourth-order valence-electron chi connectivity index (χ4n) is 3.66. The Kier molecular flexibility index (Phi) is 3.51. The van der Waals surface area contributed by atoms with Gasteiger partial charge in [0, 0.05) is 17.6 Å². The molecule has 1 saturated carbocycles. The molecule has 3 aliphatic rings. The Bertz CT molecular complexity index is 521. The van der Waals surface area contributed by atoms with E-state index in [0.29, 0.717) is 5.41 Å². The highest BCUT2D eigenvalue weighted by Crippen LogP contribution is 2.56. The van der Waals surface area contributed by atoms with E-state index in [1.165, 1.54) is 31.2 Å². The summed E-state index contributed by atoms with van der Waals surface area (Å²) >= 11 is 0. The average Bonchev–Trinajstić information content (AvgIpc) is 3.18. The molecule has 0 bridgehead atoms. The van der Waals surface area contributed by atoms with Crippen molar-refractivity contribution < 1.29 is 4.79 Å². The first-order valence-electron chi connectivity index (χ1n) is 7.44. The van der Waals surface area contributed by atoms with Gasteiger partial charge in [0.25, 0.3) is 0 Å². The second-order valence-corrected chi connectivity index (χ2v) is 6.22. The molecule has 1 amide bonds. The zero-order chi connectivity index (χ0) is 12.9. The summed E-state index contributed by atoms with van der Waals surface area (Å²) in [4.78, 5) is 14.8. The van der Waals surface area contributed by atoms with Crippen LogP contribution in [0.3, 0.4) is 0 Å². The fraction of sp³-hybridized carbons (Fsp3) is 0.562. The van der Waals surface area contributed by atoms with Crippen LogP contribution in [0.4, 0.5) is 5.69 Å². The molecule has 2 fully saturated rings. The monoisotopic (exact) mass is 292 g/mol. The third-order valence-electron chi connectivity index (χ3n) is 4.95.